The van der Waals surface area contributed by atoms with E-state index in [4.69, 9.17) is 16.7 Å². The van der Waals surface area contributed by atoms with Crippen LogP contribution in [0.25, 0.3) is 0 Å². The summed E-state index contributed by atoms with van der Waals surface area (Å²) in [6.07, 6.45) is 1.03. The average Bonchev–Trinajstić information content (AvgIpc) is 2.48. The molecule has 21 heavy (non-hydrogen) atoms. The minimum Gasteiger partial charge on any atom is -0.396 e. The third kappa shape index (κ3) is 4.32. The largest absolute Gasteiger partial charge is 0.396 e. The Labute approximate surface area is 131 Å². The zero-order valence-corrected chi connectivity index (χ0v) is 13.5. The Morgan fingerprint density at radius 1 is 1.10 bits per heavy atom. The molecule has 1 saturated heterocycles. The molecule has 0 radical (unpaired) electrons. The van der Waals surface area contributed by atoms with Gasteiger partial charge in [-0.25, -0.2) is 8.42 Å². The van der Waals surface area contributed by atoms with E-state index < -0.39 is 10.0 Å². The molecule has 0 amide bonds. The fourth-order valence-corrected chi connectivity index (χ4v) is 4.24. The van der Waals surface area contributed by atoms with E-state index in [0.29, 0.717) is 44.0 Å². The molecule has 1 N–H and O–H groups in total. The minimum atomic E-state index is -3.21. The van der Waals surface area contributed by atoms with Gasteiger partial charge >= 0.3 is 0 Å². The number of nitrogens with zero attached hydrogens (tertiary/aromatic N) is 2. The predicted molar refractivity (Wildman–Crippen MR) is 85.3 cm³/mol. The van der Waals surface area contributed by atoms with Crippen LogP contribution in [0.1, 0.15) is 12.8 Å². The van der Waals surface area contributed by atoms with E-state index in [0.717, 1.165) is 5.69 Å². The highest BCUT2D eigenvalue weighted by Crippen LogP contribution is 2.26. The van der Waals surface area contributed by atoms with Crippen LogP contribution in [0.3, 0.4) is 0 Å². The van der Waals surface area contributed by atoms with E-state index in [1.165, 1.54) is 4.31 Å². The summed E-state index contributed by atoms with van der Waals surface area (Å²) >= 11 is 6.17. The van der Waals surface area contributed by atoms with Crippen LogP contribution < -0.4 is 4.90 Å². The maximum Gasteiger partial charge on any atom is 0.214 e. The van der Waals surface area contributed by atoms with Crippen molar-refractivity contribution < 1.29 is 13.5 Å². The van der Waals surface area contributed by atoms with E-state index in [-0.39, 0.29) is 12.4 Å². The zero-order chi connectivity index (χ0) is 15.3. The van der Waals surface area contributed by atoms with Gasteiger partial charge in [-0.05, 0) is 25.0 Å². The number of benzene rings is 1. The Kier molecular flexibility index (Phi) is 5.87. The molecular weight excluding hydrogens is 312 g/mol. The van der Waals surface area contributed by atoms with Gasteiger partial charge in [0.2, 0.25) is 10.0 Å². The molecule has 1 heterocycles. The highest BCUT2D eigenvalue weighted by molar-refractivity contribution is 7.89. The number of rotatable bonds is 6. The zero-order valence-electron chi connectivity index (χ0n) is 11.9. The second-order valence-electron chi connectivity index (χ2n) is 5.08. The smallest absolute Gasteiger partial charge is 0.214 e. The molecule has 0 aliphatic carbocycles. The summed E-state index contributed by atoms with van der Waals surface area (Å²) in [6, 6.07) is 7.61. The highest BCUT2D eigenvalue weighted by atomic mass is 35.5. The van der Waals surface area contributed by atoms with Gasteiger partial charge in [0.15, 0.2) is 0 Å². The van der Waals surface area contributed by atoms with Gasteiger partial charge in [0.1, 0.15) is 0 Å². The predicted octanol–water partition coefficient (Wildman–Crippen LogP) is 1.56. The van der Waals surface area contributed by atoms with E-state index >= 15 is 0 Å². The van der Waals surface area contributed by atoms with Crippen LogP contribution in [0, 0.1) is 0 Å². The Hall–Kier alpha value is -0.820. The van der Waals surface area contributed by atoms with Crippen LogP contribution in [0.4, 0.5) is 5.69 Å². The monoisotopic (exact) mass is 332 g/mol. The fourth-order valence-electron chi connectivity index (χ4n) is 2.44. The molecule has 0 aromatic heterocycles. The van der Waals surface area contributed by atoms with Crippen molar-refractivity contribution in [3.05, 3.63) is 29.3 Å². The molecule has 0 bridgehead atoms. The first-order valence-corrected chi connectivity index (χ1v) is 9.11. The standard InChI is InChI=1S/C14H21ClN2O3S/c15-13-5-1-2-6-14(13)16-7-9-17(10-8-16)21(19,20)12-4-3-11-18/h1-2,5-6,18H,3-4,7-12H2. The lowest BCUT2D eigenvalue weighted by molar-refractivity contribution is 0.286. The van der Waals surface area contributed by atoms with Crippen molar-refractivity contribution in [2.75, 3.05) is 43.4 Å². The molecule has 1 fully saturated rings. The van der Waals surface area contributed by atoms with Gasteiger partial charge in [0.05, 0.1) is 16.5 Å². The number of hydrogen-bond acceptors (Lipinski definition) is 4. The molecule has 0 spiro atoms. The van der Waals surface area contributed by atoms with Crippen LogP contribution in [0.5, 0.6) is 0 Å². The topological polar surface area (TPSA) is 60.9 Å². The first-order chi connectivity index (χ1) is 10.0. The molecule has 7 heteroatoms. The first kappa shape index (κ1) is 16.5. The molecule has 1 aliphatic rings. The van der Waals surface area contributed by atoms with Crippen LogP contribution in [-0.4, -0.2) is 56.4 Å². The number of para-hydroxylation sites is 1. The van der Waals surface area contributed by atoms with Crippen molar-refractivity contribution in [2.24, 2.45) is 0 Å². The Balaban J connectivity index is 1.93. The number of halogens is 1. The normalized spacial score (nSPS) is 17.1. The van der Waals surface area contributed by atoms with Gasteiger partial charge in [-0.3, -0.25) is 0 Å². The molecule has 0 unspecified atom stereocenters. The number of unbranched alkanes of at least 4 members (excludes halogenated alkanes) is 1. The quantitative estimate of drug-likeness (QED) is 0.803. The molecule has 0 atom stereocenters. The van der Waals surface area contributed by atoms with Crippen LogP contribution in [0.15, 0.2) is 24.3 Å². The number of aliphatic hydroxyl groups excluding tert-OH is 1. The van der Waals surface area contributed by atoms with Gasteiger partial charge in [-0.15, -0.1) is 0 Å². The lowest BCUT2D eigenvalue weighted by Crippen LogP contribution is -2.49. The Bertz CT molecular complexity index is 557. The van der Waals surface area contributed by atoms with Crippen molar-refractivity contribution in [2.45, 2.75) is 12.8 Å². The minimum absolute atomic E-state index is 0.0375. The van der Waals surface area contributed by atoms with Crippen molar-refractivity contribution in [1.29, 1.82) is 0 Å². The summed E-state index contributed by atoms with van der Waals surface area (Å²) in [5.41, 5.74) is 0.955. The van der Waals surface area contributed by atoms with Crippen LogP contribution >= 0.6 is 11.6 Å². The van der Waals surface area contributed by atoms with Gasteiger partial charge in [-0.2, -0.15) is 4.31 Å². The van der Waals surface area contributed by atoms with Crippen molar-refractivity contribution in [3.63, 3.8) is 0 Å². The number of hydrogen-bond donors (Lipinski definition) is 1. The summed E-state index contributed by atoms with van der Waals surface area (Å²) in [6.45, 7) is 2.28. The molecule has 1 aliphatic heterocycles. The van der Waals surface area contributed by atoms with E-state index in [2.05, 4.69) is 4.90 Å². The molecule has 2 rings (SSSR count). The molecule has 0 saturated carbocycles. The van der Waals surface area contributed by atoms with Gasteiger partial charge in [0.25, 0.3) is 0 Å². The second kappa shape index (κ2) is 7.45. The summed E-state index contributed by atoms with van der Waals surface area (Å²) in [5.74, 6) is 0.111. The summed E-state index contributed by atoms with van der Waals surface area (Å²) in [4.78, 5) is 2.11. The first-order valence-electron chi connectivity index (χ1n) is 7.13. The van der Waals surface area contributed by atoms with Crippen molar-refractivity contribution >= 4 is 27.3 Å². The van der Waals surface area contributed by atoms with Gasteiger partial charge in [-0.1, -0.05) is 23.7 Å². The third-order valence-electron chi connectivity index (χ3n) is 3.64. The van der Waals surface area contributed by atoms with Crippen LogP contribution in [-0.2, 0) is 10.0 Å². The molecular formula is C14H21ClN2O3S. The lowest BCUT2D eigenvalue weighted by Gasteiger charge is -2.35. The molecule has 1 aromatic carbocycles. The summed E-state index contributed by atoms with van der Waals surface area (Å²) in [7, 11) is -3.21. The molecule has 5 nitrogen and oxygen atoms in total. The van der Waals surface area contributed by atoms with Crippen molar-refractivity contribution in [3.8, 4) is 0 Å². The average molecular weight is 333 g/mol. The van der Waals surface area contributed by atoms with Crippen molar-refractivity contribution in [1.82, 2.24) is 4.31 Å². The number of sulfonamides is 1. The second-order valence-corrected chi connectivity index (χ2v) is 7.58. The summed E-state index contributed by atoms with van der Waals surface area (Å²) in [5, 5.41) is 9.42. The number of aliphatic hydroxyl groups is 1. The number of anilines is 1. The third-order valence-corrected chi connectivity index (χ3v) is 5.91. The lowest BCUT2D eigenvalue weighted by atomic mass is 10.2. The Morgan fingerprint density at radius 2 is 1.76 bits per heavy atom. The Morgan fingerprint density at radius 3 is 2.38 bits per heavy atom. The van der Waals surface area contributed by atoms with Gasteiger partial charge < -0.3 is 10.0 Å². The van der Waals surface area contributed by atoms with E-state index in [1.54, 1.807) is 0 Å². The van der Waals surface area contributed by atoms with Crippen LogP contribution in [0.2, 0.25) is 5.02 Å². The van der Waals surface area contributed by atoms with E-state index in [9.17, 15) is 8.42 Å². The summed E-state index contributed by atoms with van der Waals surface area (Å²) < 4.78 is 25.9. The molecule has 1 aromatic rings. The van der Waals surface area contributed by atoms with E-state index in [1.807, 2.05) is 24.3 Å². The SMILES string of the molecule is O=S(=O)(CCCCO)N1CCN(c2ccccc2Cl)CC1. The fraction of sp³-hybridized carbons (Fsp3) is 0.571. The number of piperazine rings is 1. The van der Waals surface area contributed by atoms with Gasteiger partial charge in [0, 0.05) is 32.8 Å². The molecule has 118 valence electrons. The maximum absolute atomic E-state index is 12.2. The maximum atomic E-state index is 12.2. The highest BCUT2D eigenvalue weighted by Gasteiger charge is 2.27.